The number of nitrogens with zero attached hydrogens (tertiary/aromatic N) is 4. The number of aliphatic hydroxyl groups is 1. The SMILES string of the molecule is CCC12CN(Cc3ccc(C#N)cc3)CC[C@]1(O)c1ccc3c([n+]1C2)CN([C@H]1CCC(=O)NC1=O)C3=O. The maximum Gasteiger partial charge on any atom is 0.261 e. The van der Waals surface area contributed by atoms with Crippen LogP contribution in [0.15, 0.2) is 36.4 Å². The van der Waals surface area contributed by atoms with Gasteiger partial charge in [0.25, 0.3) is 5.91 Å². The molecule has 9 heteroatoms. The Morgan fingerprint density at radius 2 is 1.97 bits per heavy atom. The van der Waals surface area contributed by atoms with Crippen molar-refractivity contribution in [3.63, 3.8) is 0 Å². The minimum Gasteiger partial charge on any atom is -0.378 e. The van der Waals surface area contributed by atoms with Crippen molar-refractivity contribution < 1.29 is 24.1 Å². The fourth-order valence-corrected chi connectivity index (χ4v) is 6.87. The Kier molecular flexibility index (Phi) is 5.44. The number of nitriles is 1. The molecule has 37 heavy (non-hydrogen) atoms. The molecule has 5 heterocycles. The van der Waals surface area contributed by atoms with Gasteiger partial charge in [0.2, 0.25) is 23.2 Å². The van der Waals surface area contributed by atoms with Gasteiger partial charge in [0.1, 0.15) is 18.2 Å². The van der Waals surface area contributed by atoms with Crippen LogP contribution in [0.3, 0.4) is 0 Å². The number of likely N-dealkylation sites (tertiary alicyclic amines) is 1. The number of fused-ring (bicyclic) bond motifs is 5. The number of carbonyl (C=O) groups is 3. The number of pyridine rings is 1. The molecule has 3 amide bonds. The summed E-state index contributed by atoms with van der Waals surface area (Å²) in [6.45, 7) is 5.18. The second-order valence-electron chi connectivity index (χ2n) is 10.8. The number of amides is 3. The van der Waals surface area contributed by atoms with E-state index in [0.717, 1.165) is 36.5 Å². The Bertz CT molecular complexity index is 1370. The van der Waals surface area contributed by atoms with Crippen LogP contribution in [0, 0.1) is 16.7 Å². The lowest BCUT2D eigenvalue weighted by molar-refractivity contribution is -0.706. The topological polar surface area (TPSA) is 118 Å². The van der Waals surface area contributed by atoms with Gasteiger partial charge in [0.15, 0.2) is 12.1 Å². The maximum absolute atomic E-state index is 13.3. The lowest BCUT2D eigenvalue weighted by atomic mass is 9.66. The first-order chi connectivity index (χ1) is 17.8. The summed E-state index contributed by atoms with van der Waals surface area (Å²) in [5.41, 5.74) is 2.58. The summed E-state index contributed by atoms with van der Waals surface area (Å²) in [5.74, 6) is -0.924. The van der Waals surface area contributed by atoms with Crippen molar-refractivity contribution in [3.8, 4) is 6.07 Å². The van der Waals surface area contributed by atoms with Crippen LogP contribution < -0.4 is 9.88 Å². The van der Waals surface area contributed by atoms with Crippen molar-refractivity contribution in [2.75, 3.05) is 13.1 Å². The summed E-state index contributed by atoms with van der Waals surface area (Å²) in [6.07, 6.45) is 1.90. The molecule has 1 unspecified atom stereocenters. The first-order valence-corrected chi connectivity index (χ1v) is 12.9. The molecule has 0 bridgehead atoms. The predicted octanol–water partition coefficient (Wildman–Crippen LogP) is 1.11. The van der Waals surface area contributed by atoms with E-state index in [4.69, 9.17) is 5.26 Å². The molecular formula is C28H30N5O4+. The van der Waals surface area contributed by atoms with Gasteiger partial charge in [-0.3, -0.25) is 24.6 Å². The standard InChI is InChI=1S/C28H29N5O4/c1-2-27-16-31(14-19-5-3-18(13-29)4-6-19)12-11-28(27,37)23-9-7-20-22(33(23)17-27)15-32(26(20)36)21-8-10-24(34)30-25(21)35/h3-7,9,21,37H,2,8,10-12,14-17H2,1H3/p+1/t21-,27?,28-/m0/s1. The maximum atomic E-state index is 13.3. The van der Waals surface area contributed by atoms with Gasteiger partial charge in [-0.25, -0.2) is 0 Å². The fourth-order valence-electron chi connectivity index (χ4n) is 6.87. The minimum absolute atomic E-state index is 0.199. The number of hydrogen-bond acceptors (Lipinski definition) is 6. The van der Waals surface area contributed by atoms with Crippen LogP contribution in [0.2, 0.25) is 0 Å². The highest BCUT2D eigenvalue weighted by Crippen LogP contribution is 2.52. The highest BCUT2D eigenvalue weighted by atomic mass is 16.3. The zero-order valence-corrected chi connectivity index (χ0v) is 20.9. The third kappa shape index (κ3) is 3.50. The molecule has 4 aliphatic rings. The van der Waals surface area contributed by atoms with Gasteiger partial charge in [-0.15, -0.1) is 0 Å². The Balaban J connectivity index is 1.28. The average molecular weight is 501 g/mol. The molecule has 0 saturated carbocycles. The largest absolute Gasteiger partial charge is 0.378 e. The summed E-state index contributed by atoms with van der Waals surface area (Å²) in [5, 5.41) is 23.6. The van der Waals surface area contributed by atoms with E-state index >= 15 is 0 Å². The predicted molar refractivity (Wildman–Crippen MR) is 130 cm³/mol. The molecule has 0 aliphatic carbocycles. The molecule has 0 radical (unpaired) electrons. The van der Waals surface area contributed by atoms with Gasteiger partial charge in [0.05, 0.1) is 17.0 Å². The van der Waals surface area contributed by atoms with E-state index in [1.165, 1.54) is 0 Å². The molecule has 2 saturated heterocycles. The summed E-state index contributed by atoms with van der Waals surface area (Å²) in [6, 6.07) is 12.8. The van der Waals surface area contributed by atoms with Crippen molar-refractivity contribution in [3.05, 3.63) is 64.5 Å². The van der Waals surface area contributed by atoms with Crippen molar-refractivity contribution in [2.45, 2.75) is 63.9 Å². The molecule has 6 rings (SSSR count). The molecule has 0 spiro atoms. The van der Waals surface area contributed by atoms with Crippen LogP contribution in [0.25, 0.3) is 0 Å². The zero-order chi connectivity index (χ0) is 25.9. The minimum atomic E-state index is -1.01. The number of piperidine rings is 2. The van der Waals surface area contributed by atoms with E-state index < -0.39 is 23.0 Å². The third-order valence-corrected chi connectivity index (χ3v) is 8.98. The molecular weight excluding hydrogens is 470 g/mol. The Morgan fingerprint density at radius 1 is 1.19 bits per heavy atom. The van der Waals surface area contributed by atoms with Gasteiger partial charge < -0.3 is 10.0 Å². The second kappa shape index (κ2) is 8.47. The first kappa shape index (κ1) is 23.8. The number of benzene rings is 1. The average Bonchev–Trinajstić information content (AvgIpc) is 3.36. The van der Waals surface area contributed by atoms with E-state index in [2.05, 4.69) is 27.8 Å². The molecule has 2 fully saturated rings. The van der Waals surface area contributed by atoms with Crippen LogP contribution in [0.4, 0.5) is 0 Å². The third-order valence-electron chi connectivity index (χ3n) is 8.98. The monoisotopic (exact) mass is 500 g/mol. The van der Waals surface area contributed by atoms with E-state index in [1.807, 2.05) is 30.3 Å². The molecule has 9 nitrogen and oxygen atoms in total. The zero-order valence-electron chi connectivity index (χ0n) is 20.9. The Hall–Kier alpha value is -3.61. The van der Waals surface area contributed by atoms with E-state index in [9.17, 15) is 19.5 Å². The van der Waals surface area contributed by atoms with E-state index in [-0.39, 0.29) is 18.2 Å². The second-order valence-corrected chi connectivity index (χ2v) is 10.8. The Morgan fingerprint density at radius 3 is 2.68 bits per heavy atom. The number of rotatable bonds is 4. The molecule has 3 atom stereocenters. The first-order valence-electron chi connectivity index (χ1n) is 12.9. The quantitative estimate of drug-likeness (QED) is 0.480. The molecule has 2 N–H and O–H groups in total. The molecule has 190 valence electrons. The van der Waals surface area contributed by atoms with E-state index in [0.29, 0.717) is 43.6 Å². The van der Waals surface area contributed by atoms with Gasteiger partial charge in [-0.05, 0) is 43.0 Å². The number of imide groups is 1. The van der Waals surface area contributed by atoms with Crippen molar-refractivity contribution in [1.82, 2.24) is 15.1 Å². The molecule has 2 aromatic rings. The summed E-state index contributed by atoms with van der Waals surface area (Å²) in [7, 11) is 0. The lowest BCUT2D eigenvalue weighted by Crippen LogP contribution is -2.56. The van der Waals surface area contributed by atoms with Gasteiger partial charge in [-0.2, -0.15) is 9.83 Å². The highest BCUT2D eigenvalue weighted by molar-refractivity contribution is 6.05. The van der Waals surface area contributed by atoms with Crippen LogP contribution >= 0.6 is 0 Å². The van der Waals surface area contributed by atoms with Crippen LogP contribution in [0.1, 0.15) is 65.5 Å². The van der Waals surface area contributed by atoms with E-state index in [1.54, 1.807) is 11.0 Å². The molecule has 1 aromatic carbocycles. The number of hydrogen-bond donors (Lipinski definition) is 2. The lowest BCUT2D eigenvalue weighted by Gasteiger charge is -2.46. The van der Waals surface area contributed by atoms with Crippen LogP contribution in [0.5, 0.6) is 0 Å². The highest BCUT2D eigenvalue weighted by Gasteiger charge is 2.65. The number of nitrogens with one attached hydrogen (secondary N) is 1. The smallest absolute Gasteiger partial charge is 0.261 e. The number of carbonyl (C=O) groups excluding carboxylic acids is 3. The fraction of sp³-hybridized carbons (Fsp3) is 0.464. The molecule has 1 aromatic heterocycles. The summed E-state index contributed by atoms with van der Waals surface area (Å²) in [4.78, 5) is 41.4. The summed E-state index contributed by atoms with van der Waals surface area (Å²) < 4.78 is 2.12. The van der Waals surface area contributed by atoms with Crippen LogP contribution in [-0.2, 0) is 34.8 Å². The van der Waals surface area contributed by atoms with Crippen molar-refractivity contribution in [1.29, 1.82) is 5.26 Å². The van der Waals surface area contributed by atoms with Crippen molar-refractivity contribution in [2.24, 2.45) is 5.41 Å². The number of aromatic nitrogens is 1. The normalized spacial score (nSPS) is 28.9. The molecule has 4 aliphatic heterocycles. The Labute approximate surface area is 215 Å². The van der Waals surface area contributed by atoms with Gasteiger partial charge in [-0.1, -0.05) is 19.1 Å². The van der Waals surface area contributed by atoms with Gasteiger partial charge >= 0.3 is 0 Å². The van der Waals surface area contributed by atoms with Gasteiger partial charge in [0, 0.05) is 32.1 Å². The van der Waals surface area contributed by atoms with Crippen LogP contribution in [-0.4, -0.2) is 51.8 Å². The van der Waals surface area contributed by atoms with Crippen molar-refractivity contribution >= 4 is 17.7 Å². The summed E-state index contributed by atoms with van der Waals surface area (Å²) >= 11 is 0.